The van der Waals surface area contributed by atoms with E-state index < -0.39 is 28.1 Å². The zero-order valence-corrected chi connectivity index (χ0v) is 13.2. The van der Waals surface area contributed by atoms with Crippen LogP contribution in [0, 0.1) is 0 Å². The van der Waals surface area contributed by atoms with Crippen LogP contribution in [-0.2, 0) is 19.6 Å². The molecule has 2 fully saturated rings. The fourth-order valence-electron chi connectivity index (χ4n) is 2.71. The van der Waals surface area contributed by atoms with Gasteiger partial charge in [0.05, 0.1) is 12.7 Å². The van der Waals surface area contributed by atoms with Crippen molar-refractivity contribution < 1.29 is 23.1 Å². The summed E-state index contributed by atoms with van der Waals surface area (Å²) in [5.41, 5.74) is 0.836. The minimum atomic E-state index is -3.79. The highest BCUT2D eigenvalue weighted by Gasteiger charge is 2.44. The molecule has 1 aliphatic carbocycles. The van der Waals surface area contributed by atoms with Gasteiger partial charge in [0, 0.05) is 6.54 Å². The predicted molar refractivity (Wildman–Crippen MR) is 77.0 cm³/mol. The van der Waals surface area contributed by atoms with E-state index in [-0.39, 0.29) is 13.2 Å². The van der Waals surface area contributed by atoms with Gasteiger partial charge in [0.15, 0.2) is 0 Å². The second-order valence-corrected chi connectivity index (χ2v) is 8.41. The van der Waals surface area contributed by atoms with Gasteiger partial charge in [-0.1, -0.05) is 0 Å². The summed E-state index contributed by atoms with van der Waals surface area (Å²) < 4.78 is 32.4. The van der Waals surface area contributed by atoms with Crippen LogP contribution >= 0.6 is 11.3 Å². The minimum absolute atomic E-state index is 0.0750. The van der Waals surface area contributed by atoms with Crippen molar-refractivity contribution in [3.05, 3.63) is 17.0 Å². The molecule has 0 aromatic carbocycles. The third-order valence-electron chi connectivity index (χ3n) is 3.92. The Morgan fingerprint density at radius 1 is 1.48 bits per heavy atom. The van der Waals surface area contributed by atoms with E-state index in [0.29, 0.717) is 10.1 Å². The molecule has 21 heavy (non-hydrogen) atoms. The zero-order chi connectivity index (χ0) is 15.2. The lowest BCUT2D eigenvalue weighted by Gasteiger charge is -2.36. The number of thiophene rings is 1. The average molecular weight is 331 g/mol. The predicted octanol–water partition coefficient (Wildman–Crippen LogP) is 1.49. The summed E-state index contributed by atoms with van der Waals surface area (Å²) in [4.78, 5) is 11.4. The highest BCUT2D eigenvalue weighted by Crippen LogP contribution is 2.45. The number of sulfonamides is 1. The van der Waals surface area contributed by atoms with E-state index in [2.05, 4.69) is 0 Å². The van der Waals surface area contributed by atoms with Crippen LogP contribution in [0.5, 0.6) is 0 Å². The number of aliphatic carboxylic acids is 1. The first-order valence-corrected chi connectivity index (χ1v) is 9.18. The van der Waals surface area contributed by atoms with Gasteiger partial charge in [-0.3, -0.25) is 4.79 Å². The lowest BCUT2D eigenvalue weighted by atomic mass is 10.1. The molecule has 6 nitrogen and oxygen atoms in total. The van der Waals surface area contributed by atoms with Gasteiger partial charge in [-0.05, 0) is 42.7 Å². The molecule has 0 amide bonds. The zero-order valence-electron chi connectivity index (χ0n) is 11.6. The first-order valence-electron chi connectivity index (χ1n) is 6.86. The summed E-state index contributed by atoms with van der Waals surface area (Å²) in [7, 11) is -3.79. The SMILES string of the molecule is C[C@@H]1OCCN(S(=O)(=O)c2sccc2C2CC2)[C@H]1C(=O)O. The maximum Gasteiger partial charge on any atom is 0.324 e. The summed E-state index contributed by atoms with van der Waals surface area (Å²) in [6.07, 6.45) is 1.35. The second kappa shape index (κ2) is 5.35. The molecular weight excluding hydrogens is 314 g/mol. The molecule has 2 aliphatic rings. The van der Waals surface area contributed by atoms with Crippen LogP contribution in [0.1, 0.15) is 31.2 Å². The maximum absolute atomic E-state index is 12.9. The molecule has 3 rings (SSSR count). The minimum Gasteiger partial charge on any atom is -0.480 e. The Bertz CT molecular complexity index is 649. The Balaban J connectivity index is 1.99. The number of morpholine rings is 1. The van der Waals surface area contributed by atoms with E-state index in [4.69, 9.17) is 4.74 Å². The van der Waals surface area contributed by atoms with Crippen LogP contribution in [-0.4, -0.2) is 49.1 Å². The quantitative estimate of drug-likeness (QED) is 0.903. The second-order valence-electron chi connectivity index (χ2n) is 5.41. The number of rotatable bonds is 4. The number of ether oxygens (including phenoxy) is 1. The highest BCUT2D eigenvalue weighted by molar-refractivity contribution is 7.91. The molecule has 0 spiro atoms. The molecule has 0 bridgehead atoms. The van der Waals surface area contributed by atoms with Crippen LogP contribution in [0.4, 0.5) is 0 Å². The van der Waals surface area contributed by atoms with Crippen molar-refractivity contribution in [2.24, 2.45) is 0 Å². The summed E-state index contributed by atoms with van der Waals surface area (Å²) in [5, 5.41) is 11.1. The number of hydrogen-bond acceptors (Lipinski definition) is 5. The van der Waals surface area contributed by atoms with Gasteiger partial charge in [0.2, 0.25) is 0 Å². The third-order valence-corrected chi connectivity index (χ3v) is 7.29. The average Bonchev–Trinajstić information content (AvgIpc) is 3.14. The number of hydrogen-bond donors (Lipinski definition) is 1. The molecule has 116 valence electrons. The summed E-state index contributed by atoms with van der Waals surface area (Å²) in [6, 6.07) is 0.674. The summed E-state index contributed by atoms with van der Waals surface area (Å²) >= 11 is 1.17. The van der Waals surface area contributed by atoms with Gasteiger partial charge in [-0.2, -0.15) is 4.31 Å². The summed E-state index contributed by atoms with van der Waals surface area (Å²) in [5.74, 6) is -0.863. The molecule has 1 aliphatic heterocycles. The molecule has 1 saturated heterocycles. The first kappa shape index (κ1) is 15.0. The fraction of sp³-hybridized carbons (Fsp3) is 0.615. The van der Waals surface area contributed by atoms with Crippen LogP contribution in [0.3, 0.4) is 0 Å². The van der Waals surface area contributed by atoms with Crippen LogP contribution in [0.25, 0.3) is 0 Å². The van der Waals surface area contributed by atoms with Crippen molar-refractivity contribution in [2.75, 3.05) is 13.2 Å². The Kier molecular flexibility index (Phi) is 3.81. The highest BCUT2D eigenvalue weighted by atomic mass is 32.2. The van der Waals surface area contributed by atoms with Gasteiger partial charge in [-0.15, -0.1) is 11.3 Å². The number of carboxylic acid groups (broad SMARTS) is 1. The molecule has 0 radical (unpaired) electrons. The van der Waals surface area contributed by atoms with Gasteiger partial charge < -0.3 is 9.84 Å². The van der Waals surface area contributed by atoms with E-state index in [1.165, 1.54) is 11.3 Å². The van der Waals surface area contributed by atoms with Gasteiger partial charge >= 0.3 is 5.97 Å². The Morgan fingerprint density at radius 3 is 2.81 bits per heavy atom. The van der Waals surface area contributed by atoms with E-state index in [9.17, 15) is 18.3 Å². The number of carboxylic acids is 1. The topological polar surface area (TPSA) is 83.9 Å². The molecular formula is C13H17NO5S2. The molecule has 1 saturated carbocycles. The Hall–Kier alpha value is -0.960. The lowest BCUT2D eigenvalue weighted by molar-refractivity contribution is -0.150. The molecule has 8 heteroatoms. The first-order chi connectivity index (χ1) is 9.93. The van der Waals surface area contributed by atoms with Crippen molar-refractivity contribution in [3.8, 4) is 0 Å². The number of carbonyl (C=O) groups is 1. The van der Waals surface area contributed by atoms with E-state index in [1.54, 1.807) is 12.3 Å². The molecule has 1 N–H and O–H groups in total. The Labute approximate surface area is 127 Å². The summed E-state index contributed by atoms with van der Waals surface area (Å²) in [6.45, 7) is 1.89. The monoisotopic (exact) mass is 331 g/mol. The van der Waals surface area contributed by atoms with E-state index in [1.807, 2.05) is 6.07 Å². The Morgan fingerprint density at radius 2 is 2.19 bits per heavy atom. The largest absolute Gasteiger partial charge is 0.480 e. The van der Waals surface area contributed by atoms with Crippen molar-refractivity contribution >= 4 is 27.3 Å². The molecule has 0 unspecified atom stereocenters. The molecule has 2 heterocycles. The van der Waals surface area contributed by atoms with Gasteiger partial charge in [-0.25, -0.2) is 8.42 Å². The normalized spacial score (nSPS) is 27.7. The third kappa shape index (κ3) is 2.61. The lowest BCUT2D eigenvalue weighted by Crippen LogP contribution is -2.56. The van der Waals surface area contributed by atoms with Gasteiger partial charge in [0.1, 0.15) is 10.3 Å². The van der Waals surface area contributed by atoms with Crippen molar-refractivity contribution in [3.63, 3.8) is 0 Å². The molecule has 2 atom stereocenters. The smallest absolute Gasteiger partial charge is 0.324 e. The van der Waals surface area contributed by atoms with Crippen LogP contribution < -0.4 is 0 Å². The maximum atomic E-state index is 12.9. The van der Waals surface area contributed by atoms with E-state index in [0.717, 1.165) is 22.7 Å². The van der Waals surface area contributed by atoms with E-state index >= 15 is 0 Å². The number of nitrogens with zero attached hydrogens (tertiary/aromatic N) is 1. The van der Waals surface area contributed by atoms with Crippen LogP contribution in [0.15, 0.2) is 15.7 Å². The fourth-order valence-corrected chi connectivity index (χ4v) is 5.98. The van der Waals surface area contributed by atoms with Gasteiger partial charge in [0.25, 0.3) is 10.0 Å². The van der Waals surface area contributed by atoms with Crippen molar-refractivity contribution in [1.29, 1.82) is 0 Å². The molecule has 1 aromatic rings. The van der Waals surface area contributed by atoms with Crippen LogP contribution in [0.2, 0.25) is 0 Å². The van der Waals surface area contributed by atoms with Crippen molar-refractivity contribution in [1.82, 2.24) is 4.31 Å². The van der Waals surface area contributed by atoms with Crippen molar-refractivity contribution in [2.45, 2.75) is 42.0 Å². The molecule has 1 aromatic heterocycles. The standard InChI is InChI=1S/C13H17NO5S2/c1-8-11(12(15)16)14(5-6-19-8)21(17,18)13-10(4-7-20-13)9-2-3-9/h4,7-9,11H,2-3,5-6H2,1H3,(H,15,16)/t8-,11+/m0/s1.